The molecule has 1 fully saturated rings. The lowest BCUT2D eigenvalue weighted by atomic mass is 9.76. The highest BCUT2D eigenvalue weighted by atomic mass is 35.5. The molecule has 0 saturated carbocycles. The number of ether oxygens (including phenoxy) is 1. The number of carbonyl (C=O) groups excluding carboxylic acids is 1. The van der Waals surface area contributed by atoms with E-state index in [2.05, 4.69) is 5.32 Å². The van der Waals surface area contributed by atoms with E-state index in [0.717, 1.165) is 30.7 Å². The minimum atomic E-state index is -1.32. The first-order valence-corrected chi connectivity index (χ1v) is 11.8. The van der Waals surface area contributed by atoms with Gasteiger partial charge in [-0.1, -0.05) is 25.4 Å². The van der Waals surface area contributed by atoms with Gasteiger partial charge >= 0.3 is 5.97 Å². The van der Waals surface area contributed by atoms with Crippen LogP contribution in [0.15, 0.2) is 12.1 Å². The fraction of sp³-hybridized carbons (Fsp3) is 0.542. The minimum Gasteiger partial charge on any atom is -0.478 e. The van der Waals surface area contributed by atoms with Crippen molar-refractivity contribution in [2.75, 3.05) is 19.8 Å². The second-order valence-electron chi connectivity index (χ2n) is 9.28. The molecule has 0 unspecified atom stereocenters. The SMILES string of the molecule is CCc1nn(C[C@H](C)Cc2c(Cl)ccc(C(=O)O)c2F)c2c1C(=O)NCC1(CCOCC1)C2. The Kier molecular flexibility index (Phi) is 6.77. The van der Waals surface area contributed by atoms with Crippen LogP contribution in [0.2, 0.25) is 5.02 Å². The van der Waals surface area contributed by atoms with Crippen molar-refractivity contribution < 1.29 is 23.8 Å². The number of fused-ring (bicyclic) bond motifs is 1. The maximum atomic E-state index is 14.8. The first-order chi connectivity index (χ1) is 15.7. The maximum Gasteiger partial charge on any atom is 0.338 e. The van der Waals surface area contributed by atoms with Gasteiger partial charge in [0.1, 0.15) is 5.82 Å². The first kappa shape index (κ1) is 23.7. The van der Waals surface area contributed by atoms with Gasteiger partial charge in [0, 0.05) is 36.9 Å². The van der Waals surface area contributed by atoms with Gasteiger partial charge in [-0.2, -0.15) is 5.10 Å². The summed E-state index contributed by atoms with van der Waals surface area (Å²) >= 11 is 6.21. The Morgan fingerprint density at radius 2 is 2.12 bits per heavy atom. The molecule has 1 atom stereocenters. The average molecular weight is 478 g/mol. The van der Waals surface area contributed by atoms with Crippen molar-refractivity contribution in [2.45, 2.75) is 52.5 Å². The van der Waals surface area contributed by atoms with E-state index in [1.807, 2.05) is 18.5 Å². The Balaban J connectivity index is 1.64. The molecule has 1 amide bonds. The Morgan fingerprint density at radius 3 is 2.79 bits per heavy atom. The molecule has 33 heavy (non-hydrogen) atoms. The van der Waals surface area contributed by atoms with Crippen molar-refractivity contribution in [3.8, 4) is 0 Å². The van der Waals surface area contributed by atoms with Crippen LogP contribution in [0.4, 0.5) is 4.39 Å². The highest BCUT2D eigenvalue weighted by molar-refractivity contribution is 6.31. The van der Waals surface area contributed by atoms with Crippen molar-refractivity contribution in [2.24, 2.45) is 11.3 Å². The summed E-state index contributed by atoms with van der Waals surface area (Å²) in [6, 6.07) is 2.60. The molecule has 1 aromatic carbocycles. The molecule has 7 nitrogen and oxygen atoms in total. The molecule has 2 aliphatic heterocycles. The molecule has 0 radical (unpaired) electrons. The predicted octanol–water partition coefficient (Wildman–Crippen LogP) is 3.90. The second kappa shape index (κ2) is 9.43. The summed E-state index contributed by atoms with van der Waals surface area (Å²) in [6.07, 6.45) is 3.37. The molecule has 2 aliphatic rings. The molecule has 3 heterocycles. The number of nitrogens with zero attached hydrogens (tertiary/aromatic N) is 2. The number of hydrogen-bond acceptors (Lipinski definition) is 4. The number of hydrogen-bond donors (Lipinski definition) is 2. The number of carboxylic acid groups (broad SMARTS) is 1. The largest absolute Gasteiger partial charge is 0.478 e. The molecule has 9 heteroatoms. The molecule has 1 spiro atoms. The number of carbonyl (C=O) groups is 2. The van der Waals surface area contributed by atoms with Gasteiger partial charge in [-0.15, -0.1) is 0 Å². The van der Waals surface area contributed by atoms with Crippen LogP contribution >= 0.6 is 11.6 Å². The smallest absolute Gasteiger partial charge is 0.338 e. The predicted molar refractivity (Wildman–Crippen MR) is 121 cm³/mol. The lowest BCUT2D eigenvalue weighted by Gasteiger charge is -2.36. The summed E-state index contributed by atoms with van der Waals surface area (Å²) in [4.78, 5) is 24.3. The highest BCUT2D eigenvalue weighted by Gasteiger charge is 2.39. The topological polar surface area (TPSA) is 93.5 Å². The highest BCUT2D eigenvalue weighted by Crippen LogP contribution is 2.37. The Labute approximate surface area is 197 Å². The maximum absolute atomic E-state index is 14.8. The number of amides is 1. The summed E-state index contributed by atoms with van der Waals surface area (Å²) in [7, 11) is 0. The van der Waals surface area contributed by atoms with Crippen LogP contribution in [0.25, 0.3) is 0 Å². The Bertz CT molecular complexity index is 1080. The molecule has 0 aliphatic carbocycles. The van der Waals surface area contributed by atoms with Gasteiger partial charge in [0.2, 0.25) is 0 Å². The third-order valence-corrected chi connectivity index (χ3v) is 7.22. The molecule has 4 rings (SSSR count). The summed E-state index contributed by atoms with van der Waals surface area (Å²) in [5, 5.41) is 17.3. The van der Waals surface area contributed by atoms with E-state index in [1.165, 1.54) is 12.1 Å². The van der Waals surface area contributed by atoms with Crippen molar-refractivity contribution in [1.29, 1.82) is 0 Å². The fourth-order valence-electron chi connectivity index (χ4n) is 4.98. The summed E-state index contributed by atoms with van der Waals surface area (Å²) in [6.45, 7) is 6.36. The fourth-order valence-corrected chi connectivity index (χ4v) is 5.21. The van der Waals surface area contributed by atoms with Gasteiger partial charge in [0.25, 0.3) is 5.91 Å². The van der Waals surface area contributed by atoms with Gasteiger partial charge in [-0.05, 0) is 55.6 Å². The van der Waals surface area contributed by atoms with E-state index in [9.17, 15) is 19.1 Å². The van der Waals surface area contributed by atoms with Gasteiger partial charge in [0.15, 0.2) is 0 Å². The van der Waals surface area contributed by atoms with Crippen LogP contribution in [0.1, 0.15) is 64.4 Å². The zero-order valence-electron chi connectivity index (χ0n) is 18.9. The lowest BCUT2D eigenvalue weighted by molar-refractivity contribution is 0.0152. The van der Waals surface area contributed by atoms with E-state index in [0.29, 0.717) is 38.3 Å². The Hall–Kier alpha value is -2.45. The second-order valence-corrected chi connectivity index (χ2v) is 9.69. The Morgan fingerprint density at radius 1 is 1.39 bits per heavy atom. The van der Waals surface area contributed by atoms with Crippen LogP contribution in [-0.4, -0.2) is 46.5 Å². The van der Waals surface area contributed by atoms with Crippen LogP contribution in [-0.2, 0) is 30.5 Å². The van der Waals surface area contributed by atoms with Crippen molar-refractivity contribution in [3.05, 3.63) is 51.1 Å². The van der Waals surface area contributed by atoms with E-state index in [-0.39, 0.29) is 39.8 Å². The van der Waals surface area contributed by atoms with Crippen molar-refractivity contribution >= 4 is 23.5 Å². The normalized spacial score (nSPS) is 18.5. The molecule has 0 bridgehead atoms. The molecule has 2 N–H and O–H groups in total. The minimum absolute atomic E-state index is 0.0591. The monoisotopic (exact) mass is 477 g/mol. The third kappa shape index (κ3) is 4.64. The summed E-state index contributed by atoms with van der Waals surface area (Å²) < 4.78 is 22.3. The molecule has 1 saturated heterocycles. The van der Waals surface area contributed by atoms with E-state index < -0.39 is 11.8 Å². The number of nitrogens with one attached hydrogen (secondary N) is 1. The van der Waals surface area contributed by atoms with E-state index >= 15 is 0 Å². The summed E-state index contributed by atoms with van der Waals surface area (Å²) in [5.74, 6) is -2.30. The van der Waals surface area contributed by atoms with Gasteiger partial charge in [-0.3, -0.25) is 9.48 Å². The van der Waals surface area contributed by atoms with Gasteiger partial charge < -0.3 is 15.2 Å². The standard InChI is InChI=1S/C24H29ClFN3O4/c1-3-18-20-19(11-24(13-27-22(20)30)6-8-33-9-7-24)29(28-18)12-14(2)10-16-17(25)5-4-15(21(16)26)23(31)32/h4-5,14H,3,6-13H2,1-2H3,(H,27,30)(H,31,32)/t14-/m1/s1. The third-order valence-electron chi connectivity index (χ3n) is 6.87. The van der Waals surface area contributed by atoms with Gasteiger partial charge in [-0.25, -0.2) is 9.18 Å². The van der Waals surface area contributed by atoms with Crippen LogP contribution in [0.3, 0.4) is 0 Å². The van der Waals surface area contributed by atoms with Gasteiger partial charge in [0.05, 0.1) is 22.5 Å². The number of halogens is 2. The van der Waals surface area contributed by atoms with Crippen LogP contribution < -0.4 is 5.32 Å². The quantitative estimate of drug-likeness (QED) is 0.658. The number of aryl methyl sites for hydroxylation is 1. The number of carboxylic acids is 1. The van der Waals surface area contributed by atoms with Crippen LogP contribution in [0, 0.1) is 17.2 Å². The molecule has 1 aromatic heterocycles. The number of aromatic nitrogens is 2. The van der Waals surface area contributed by atoms with Crippen LogP contribution in [0.5, 0.6) is 0 Å². The molecular weight excluding hydrogens is 449 g/mol. The average Bonchev–Trinajstić information content (AvgIpc) is 3.04. The number of rotatable bonds is 6. The molecule has 178 valence electrons. The number of benzene rings is 1. The molecule has 2 aromatic rings. The zero-order valence-corrected chi connectivity index (χ0v) is 19.7. The van der Waals surface area contributed by atoms with Crippen molar-refractivity contribution in [3.63, 3.8) is 0 Å². The van der Waals surface area contributed by atoms with E-state index in [4.69, 9.17) is 21.4 Å². The zero-order chi connectivity index (χ0) is 23.8. The summed E-state index contributed by atoms with van der Waals surface area (Å²) in [5.41, 5.74) is 2.08. The first-order valence-electron chi connectivity index (χ1n) is 11.4. The molecular formula is C24H29ClFN3O4. The van der Waals surface area contributed by atoms with Crippen molar-refractivity contribution in [1.82, 2.24) is 15.1 Å². The lowest BCUT2D eigenvalue weighted by Crippen LogP contribution is -2.40. The number of aromatic carboxylic acids is 1. The van der Waals surface area contributed by atoms with E-state index in [1.54, 1.807) is 0 Å².